The van der Waals surface area contributed by atoms with Gasteiger partial charge in [0, 0.05) is 13.1 Å². The number of nitrogen functional groups attached to an aromatic ring is 1. The molecule has 0 saturated heterocycles. The Kier molecular flexibility index (Phi) is 6.04. The lowest BCUT2D eigenvalue weighted by molar-refractivity contribution is 0.0697. The summed E-state index contributed by atoms with van der Waals surface area (Å²) in [7, 11) is 3.95. The number of nitrogens with one attached hydrogen (secondary N) is 1. The molecule has 7 nitrogen and oxygen atoms in total. The molecule has 4 N–H and O–H groups in total. The lowest BCUT2D eigenvalue weighted by Crippen LogP contribution is -2.20. The fraction of sp³-hybridized carbons (Fsp3) is 0.500. The summed E-state index contributed by atoms with van der Waals surface area (Å²) in [6, 6.07) is 1.33. The minimum absolute atomic E-state index is 0.112. The maximum Gasteiger partial charge on any atom is 0.337 e. The normalized spacial score (nSPS) is 10.7. The monoisotopic (exact) mass is 268 g/mol. The SMILES string of the molecule is CN(C)CCOCCNc1cnc(N)cc1C(=O)O. The van der Waals surface area contributed by atoms with Crippen molar-refractivity contribution in [1.82, 2.24) is 9.88 Å². The number of nitrogens with two attached hydrogens (primary N) is 1. The molecule has 106 valence electrons. The van der Waals surface area contributed by atoms with Gasteiger partial charge in [0.2, 0.25) is 0 Å². The van der Waals surface area contributed by atoms with E-state index >= 15 is 0 Å². The third-order valence-corrected chi connectivity index (χ3v) is 2.40. The number of aromatic nitrogens is 1. The number of carboxylic acid groups (broad SMARTS) is 1. The summed E-state index contributed by atoms with van der Waals surface area (Å²) in [5, 5.41) is 12.0. The van der Waals surface area contributed by atoms with Crippen LogP contribution >= 0.6 is 0 Å². The third-order valence-electron chi connectivity index (χ3n) is 2.40. The zero-order valence-electron chi connectivity index (χ0n) is 11.2. The molecule has 1 aromatic heterocycles. The van der Waals surface area contributed by atoms with Gasteiger partial charge in [-0.05, 0) is 20.2 Å². The maximum atomic E-state index is 11.0. The number of nitrogens with zero attached hydrogens (tertiary/aromatic N) is 2. The highest BCUT2D eigenvalue weighted by molar-refractivity contribution is 5.94. The Morgan fingerprint density at radius 2 is 2.26 bits per heavy atom. The van der Waals surface area contributed by atoms with Crippen molar-refractivity contribution < 1.29 is 14.6 Å². The van der Waals surface area contributed by atoms with E-state index in [1.807, 2.05) is 19.0 Å². The molecule has 0 spiro atoms. The number of ether oxygens (including phenoxy) is 1. The fourth-order valence-corrected chi connectivity index (χ4v) is 1.40. The summed E-state index contributed by atoms with van der Waals surface area (Å²) in [4.78, 5) is 16.9. The van der Waals surface area contributed by atoms with E-state index < -0.39 is 5.97 Å². The van der Waals surface area contributed by atoms with Gasteiger partial charge >= 0.3 is 5.97 Å². The first-order chi connectivity index (χ1) is 9.00. The van der Waals surface area contributed by atoms with E-state index in [2.05, 4.69) is 10.3 Å². The molecule has 0 aromatic carbocycles. The van der Waals surface area contributed by atoms with Gasteiger partial charge in [-0.2, -0.15) is 0 Å². The summed E-state index contributed by atoms with van der Waals surface area (Å²) in [6.45, 7) is 2.50. The van der Waals surface area contributed by atoms with Crippen LogP contribution in [0.2, 0.25) is 0 Å². The highest BCUT2D eigenvalue weighted by Crippen LogP contribution is 2.16. The molecule has 0 atom stereocenters. The Bertz CT molecular complexity index is 423. The van der Waals surface area contributed by atoms with Crippen molar-refractivity contribution in [3.8, 4) is 0 Å². The molecule has 0 amide bonds. The van der Waals surface area contributed by atoms with Crippen molar-refractivity contribution in [2.45, 2.75) is 0 Å². The molecular formula is C12H20N4O3. The van der Waals surface area contributed by atoms with Crippen LogP contribution in [-0.2, 0) is 4.74 Å². The summed E-state index contributed by atoms with van der Waals surface area (Å²) < 4.78 is 5.39. The van der Waals surface area contributed by atoms with Crippen LogP contribution in [0.4, 0.5) is 11.5 Å². The molecule has 0 bridgehead atoms. The molecular weight excluding hydrogens is 248 g/mol. The van der Waals surface area contributed by atoms with Crippen molar-refractivity contribution in [2.24, 2.45) is 0 Å². The van der Waals surface area contributed by atoms with Crippen LogP contribution in [-0.4, -0.2) is 61.4 Å². The Labute approximate surface area is 112 Å². The summed E-state index contributed by atoms with van der Waals surface area (Å²) in [5.74, 6) is -0.852. The van der Waals surface area contributed by atoms with Gasteiger partial charge in [-0.15, -0.1) is 0 Å². The largest absolute Gasteiger partial charge is 0.478 e. The van der Waals surface area contributed by atoms with E-state index in [1.54, 1.807) is 0 Å². The number of aromatic carboxylic acids is 1. The Hall–Kier alpha value is -1.86. The molecule has 0 radical (unpaired) electrons. The number of carboxylic acids is 1. The highest BCUT2D eigenvalue weighted by Gasteiger charge is 2.10. The van der Waals surface area contributed by atoms with E-state index in [-0.39, 0.29) is 11.4 Å². The average molecular weight is 268 g/mol. The number of likely N-dealkylation sites (N-methyl/N-ethyl adjacent to an activating group) is 1. The summed E-state index contributed by atoms with van der Waals surface area (Å²) >= 11 is 0. The van der Waals surface area contributed by atoms with Crippen LogP contribution in [0.15, 0.2) is 12.3 Å². The molecule has 1 aromatic rings. The first-order valence-corrected chi connectivity index (χ1v) is 5.96. The van der Waals surface area contributed by atoms with Crippen LogP contribution in [0, 0.1) is 0 Å². The lowest BCUT2D eigenvalue weighted by atomic mass is 10.2. The van der Waals surface area contributed by atoms with Crippen LogP contribution in [0.25, 0.3) is 0 Å². The Balaban J connectivity index is 2.39. The van der Waals surface area contributed by atoms with Gasteiger partial charge in [0.05, 0.1) is 30.7 Å². The molecule has 0 fully saturated rings. The van der Waals surface area contributed by atoms with Crippen molar-refractivity contribution in [2.75, 3.05) is 51.4 Å². The second-order valence-electron chi connectivity index (χ2n) is 4.30. The predicted molar refractivity (Wildman–Crippen MR) is 73.5 cm³/mol. The lowest BCUT2D eigenvalue weighted by Gasteiger charge is -2.12. The Morgan fingerprint density at radius 3 is 2.89 bits per heavy atom. The van der Waals surface area contributed by atoms with Crippen LogP contribution in [0.1, 0.15) is 10.4 Å². The van der Waals surface area contributed by atoms with Crippen LogP contribution < -0.4 is 11.1 Å². The van der Waals surface area contributed by atoms with Gasteiger partial charge < -0.3 is 25.8 Å². The molecule has 1 rings (SSSR count). The smallest absolute Gasteiger partial charge is 0.337 e. The molecule has 19 heavy (non-hydrogen) atoms. The maximum absolute atomic E-state index is 11.0. The van der Waals surface area contributed by atoms with Crippen molar-refractivity contribution in [3.63, 3.8) is 0 Å². The van der Waals surface area contributed by atoms with E-state index in [4.69, 9.17) is 15.6 Å². The second-order valence-corrected chi connectivity index (χ2v) is 4.30. The number of rotatable bonds is 8. The number of pyridine rings is 1. The van der Waals surface area contributed by atoms with E-state index in [0.717, 1.165) is 6.54 Å². The first-order valence-electron chi connectivity index (χ1n) is 5.96. The average Bonchev–Trinajstić information content (AvgIpc) is 2.34. The standard InChI is InChI=1S/C12H20N4O3/c1-16(2)4-6-19-5-3-14-10-8-15-11(13)7-9(10)12(17)18/h7-8,14H,3-6H2,1-2H3,(H2,13,15)(H,17,18). The van der Waals surface area contributed by atoms with Crippen molar-refractivity contribution in [1.29, 1.82) is 0 Å². The van der Waals surface area contributed by atoms with Gasteiger partial charge in [0.1, 0.15) is 5.82 Å². The van der Waals surface area contributed by atoms with Gasteiger partial charge in [-0.25, -0.2) is 9.78 Å². The van der Waals surface area contributed by atoms with Gasteiger partial charge in [-0.3, -0.25) is 0 Å². The zero-order chi connectivity index (χ0) is 14.3. The predicted octanol–water partition coefficient (Wildman–Crippen LogP) is 0.352. The minimum atomic E-state index is -1.04. The molecule has 0 unspecified atom stereocenters. The van der Waals surface area contributed by atoms with Crippen molar-refractivity contribution in [3.05, 3.63) is 17.8 Å². The topological polar surface area (TPSA) is 101 Å². The Morgan fingerprint density at radius 1 is 1.53 bits per heavy atom. The molecule has 7 heteroatoms. The van der Waals surface area contributed by atoms with Gasteiger partial charge in [-0.1, -0.05) is 0 Å². The minimum Gasteiger partial charge on any atom is -0.478 e. The number of hydrogen-bond acceptors (Lipinski definition) is 6. The summed E-state index contributed by atoms with van der Waals surface area (Å²) in [5.41, 5.74) is 6.01. The van der Waals surface area contributed by atoms with Gasteiger partial charge in [0.25, 0.3) is 0 Å². The number of carbonyl (C=O) groups is 1. The molecule has 0 aliphatic carbocycles. The zero-order valence-corrected chi connectivity index (χ0v) is 11.2. The molecule has 1 heterocycles. The van der Waals surface area contributed by atoms with Crippen LogP contribution in [0.5, 0.6) is 0 Å². The van der Waals surface area contributed by atoms with Crippen molar-refractivity contribution >= 4 is 17.5 Å². The molecule has 0 aliphatic heterocycles. The first kappa shape index (κ1) is 15.2. The van der Waals surface area contributed by atoms with Gasteiger partial charge in [0.15, 0.2) is 0 Å². The fourth-order valence-electron chi connectivity index (χ4n) is 1.40. The third kappa shape index (κ3) is 5.54. The quantitative estimate of drug-likeness (QED) is 0.585. The molecule has 0 saturated carbocycles. The second kappa shape index (κ2) is 7.55. The number of anilines is 2. The highest BCUT2D eigenvalue weighted by atomic mass is 16.5. The van der Waals surface area contributed by atoms with E-state index in [0.29, 0.717) is 25.4 Å². The number of hydrogen-bond donors (Lipinski definition) is 3. The molecule has 0 aliphatic rings. The van der Waals surface area contributed by atoms with E-state index in [9.17, 15) is 4.79 Å². The van der Waals surface area contributed by atoms with E-state index in [1.165, 1.54) is 12.3 Å². The summed E-state index contributed by atoms with van der Waals surface area (Å²) in [6.07, 6.45) is 1.42. The van der Waals surface area contributed by atoms with Crippen LogP contribution in [0.3, 0.4) is 0 Å².